The molecular formula is C20H19ClN2O2S. The van der Waals surface area contributed by atoms with Gasteiger partial charge in [0.25, 0.3) is 5.91 Å². The Labute approximate surface area is 161 Å². The molecule has 26 heavy (non-hydrogen) atoms. The molecular weight excluding hydrogens is 368 g/mol. The summed E-state index contributed by atoms with van der Waals surface area (Å²) >= 11 is 7.21. The Bertz CT molecular complexity index is 915. The maximum Gasteiger partial charge on any atom is 0.267 e. The third kappa shape index (κ3) is 4.23. The lowest BCUT2D eigenvalue weighted by atomic mass is 10.1. The van der Waals surface area contributed by atoms with Crippen LogP contribution in [-0.4, -0.2) is 10.9 Å². The van der Waals surface area contributed by atoms with Crippen molar-refractivity contribution >= 4 is 34.5 Å². The highest BCUT2D eigenvalue weighted by Gasteiger charge is 2.17. The number of anilines is 1. The summed E-state index contributed by atoms with van der Waals surface area (Å²) < 4.78 is 5.71. The summed E-state index contributed by atoms with van der Waals surface area (Å²) in [7, 11) is 0. The third-order valence-corrected chi connectivity index (χ3v) is 5.32. The van der Waals surface area contributed by atoms with Gasteiger partial charge in [-0.2, -0.15) is 0 Å². The van der Waals surface area contributed by atoms with Gasteiger partial charge in [-0.1, -0.05) is 29.8 Å². The molecule has 0 saturated carbocycles. The van der Waals surface area contributed by atoms with Crippen LogP contribution in [0.2, 0.25) is 5.02 Å². The summed E-state index contributed by atoms with van der Waals surface area (Å²) in [5, 5.41) is 4.42. The second-order valence-electron chi connectivity index (χ2n) is 5.99. The van der Waals surface area contributed by atoms with Gasteiger partial charge in [0.15, 0.2) is 0 Å². The Morgan fingerprint density at radius 1 is 1.12 bits per heavy atom. The third-order valence-electron chi connectivity index (χ3n) is 3.94. The highest BCUT2D eigenvalue weighted by molar-refractivity contribution is 7.13. The van der Waals surface area contributed by atoms with Crippen LogP contribution in [0, 0.1) is 20.8 Å². The van der Waals surface area contributed by atoms with Crippen molar-refractivity contribution in [2.75, 3.05) is 5.32 Å². The number of ether oxygens (including phenoxy) is 1. The van der Waals surface area contributed by atoms with Crippen LogP contribution in [0.3, 0.4) is 0 Å². The minimum atomic E-state index is -0.143. The van der Waals surface area contributed by atoms with Crippen molar-refractivity contribution in [2.24, 2.45) is 0 Å². The number of hydrogen-bond donors (Lipinski definition) is 1. The van der Waals surface area contributed by atoms with Gasteiger partial charge in [-0.25, -0.2) is 4.98 Å². The predicted molar refractivity (Wildman–Crippen MR) is 107 cm³/mol. The number of benzene rings is 2. The van der Waals surface area contributed by atoms with Crippen molar-refractivity contribution < 1.29 is 9.53 Å². The molecule has 1 heterocycles. The number of amides is 1. The molecule has 0 spiro atoms. The fraction of sp³-hybridized carbons (Fsp3) is 0.200. The average Bonchev–Trinajstić information content (AvgIpc) is 2.98. The number of thiazole rings is 1. The number of aryl methyl sites for hydroxylation is 3. The molecule has 0 unspecified atom stereocenters. The molecule has 1 amide bonds. The van der Waals surface area contributed by atoms with E-state index in [-0.39, 0.29) is 5.91 Å². The quantitative estimate of drug-likeness (QED) is 0.625. The van der Waals surface area contributed by atoms with Crippen LogP contribution in [0.15, 0.2) is 42.5 Å². The monoisotopic (exact) mass is 386 g/mol. The van der Waals surface area contributed by atoms with Crippen molar-refractivity contribution in [3.05, 3.63) is 74.2 Å². The number of nitrogens with zero attached hydrogens (tertiary/aromatic N) is 1. The largest absolute Gasteiger partial charge is 0.486 e. The van der Waals surface area contributed by atoms with Gasteiger partial charge >= 0.3 is 0 Å². The first-order valence-electron chi connectivity index (χ1n) is 8.16. The number of halogens is 1. The highest BCUT2D eigenvalue weighted by Crippen LogP contribution is 2.25. The molecule has 2 aromatic carbocycles. The van der Waals surface area contributed by atoms with Gasteiger partial charge in [-0.15, -0.1) is 11.3 Å². The number of para-hydroxylation sites is 1. The summed E-state index contributed by atoms with van der Waals surface area (Å²) in [6, 6.07) is 13.1. The molecule has 0 bridgehead atoms. The van der Waals surface area contributed by atoms with Crippen LogP contribution < -0.4 is 10.1 Å². The van der Waals surface area contributed by atoms with Crippen LogP contribution in [0.1, 0.15) is 31.5 Å². The van der Waals surface area contributed by atoms with Crippen molar-refractivity contribution in [1.82, 2.24) is 4.98 Å². The second-order valence-corrected chi connectivity index (χ2v) is 7.51. The molecule has 0 atom stereocenters. The van der Waals surface area contributed by atoms with Crippen molar-refractivity contribution in [1.29, 1.82) is 0 Å². The number of rotatable bonds is 5. The molecule has 134 valence electrons. The van der Waals surface area contributed by atoms with E-state index in [1.165, 1.54) is 11.3 Å². The van der Waals surface area contributed by atoms with Crippen LogP contribution in [-0.2, 0) is 6.61 Å². The Morgan fingerprint density at radius 3 is 2.42 bits per heavy atom. The Balaban J connectivity index is 1.71. The molecule has 3 aromatic rings. The first-order chi connectivity index (χ1) is 12.4. The minimum Gasteiger partial charge on any atom is -0.486 e. The number of aromatic nitrogens is 1. The number of hydrogen-bond acceptors (Lipinski definition) is 4. The fourth-order valence-electron chi connectivity index (χ4n) is 2.58. The number of carbonyl (C=O) groups excluding carboxylic acids is 1. The molecule has 0 radical (unpaired) electrons. The summed E-state index contributed by atoms with van der Waals surface area (Å²) in [6.45, 7) is 6.10. The van der Waals surface area contributed by atoms with Crippen LogP contribution in [0.4, 0.5) is 5.69 Å². The van der Waals surface area contributed by atoms with E-state index >= 15 is 0 Å². The molecule has 0 aliphatic rings. The van der Waals surface area contributed by atoms with E-state index in [1.54, 1.807) is 24.3 Å². The van der Waals surface area contributed by atoms with E-state index in [4.69, 9.17) is 16.3 Å². The van der Waals surface area contributed by atoms with Gasteiger partial charge in [0.1, 0.15) is 22.2 Å². The minimum absolute atomic E-state index is 0.143. The molecule has 0 aliphatic carbocycles. The molecule has 0 fully saturated rings. The van der Waals surface area contributed by atoms with E-state index in [0.29, 0.717) is 28.0 Å². The first-order valence-corrected chi connectivity index (χ1v) is 9.35. The lowest BCUT2D eigenvalue weighted by molar-refractivity contribution is 0.102. The molecule has 6 heteroatoms. The lowest BCUT2D eigenvalue weighted by Gasteiger charge is -2.10. The zero-order valence-electron chi connectivity index (χ0n) is 14.8. The Kier molecular flexibility index (Phi) is 5.59. The average molecular weight is 387 g/mol. The normalized spacial score (nSPS) is 10.6. The maximum atomic E-state index is 12.7. The lowest BCUT2D eigenvalue weighted by Crippen LogP contribution is -2.13. The maximum absolute atomic E-state index is 12.7. The van der Waals surface area contributed by atoms with E-state index in [2.05, 4.69) is 10.3 Å². The van der Waals surface area contributed by atoms with E-state index in [9.17, 15) is 4.79 Å². The molecule has 3 rings (SSSR count). The molecule has 1 N–H and O–H groups in total. The highest BCUT2D eigenvalue weighted by atomic mass is 35.5. The van der Waals surface area contributed by atoms with Gasteiger partial charge in [0, 0.05) is 10.7 Å². The van der Waals surface area contributed by atoms with Gasteiger partial charge in [-0.05, 0) is 56.2 Å². The summed E-state index contributed by atoms with van der Waals surface area (Å²) in [5.41, 5.74) is 3.62. The second kappa shape index (κ2) is 7.89. The molecule has 0 aliphatic heterocycles. The predicted octanol–water partition coefficient (Wildman–Crippen LogP) is 5.55. The van der Waals surface area contributed by atoms with E-state index < -0.39 is 0 Å². The molecule has 4 nitrogen and oxygen atoms in total. The topological polar surface area (TPSA) is 51.2 Å². The summed E-state index contributed by atoms with van der Waals surface area (Å²) in [6.07, 6.45) is 0. The van der Waals surface area contributed by atoms with E-state index in [1.807, 2.05) is 39.0 Å². The van der Waals surface area contributed by atoms with Crippen molar-refractivity contribution in [2.45, 2.75) is 27.4 Å². The van der Waals surface area contributed by atoms with Gasteiger partial charge in [-0.3, -0.25) is 4.79 Å². The van der Waals surface area contributed by atoms with E-state index in [0.717, 1.165) is 21.8 Å². The first kappa shape index (κ1) is 18.4. The standard InChI is InChI=1S/C20H19ClN2O2S/c1-12-5-4-6-13(2)18(12)23-20(24)19-14(3)22-17(26-19)11-25-16-9-7-15(21)8-10-16/h4-10H,11H2,1-3H3,(H,23,24). The Hall–Kier alpha value is -2.37. The number of nitrogens with one attached hydrogen (secondary N) is 1. The molecule has 0 saturated heterocycles. The summed E-state index contributed by atoms with van der Waals surface area (Å²) in [4.78, 5) is 17.7. The molecule has 1 aromatic heterocycles. The number of carbonyl (C=O) groups is 1. The smallest absolute Gasteiger partial charge is 0.267 e. The fourth-order valence-corrected chi connectivity index (χ4v) is 3.58. The Morgan fingerprint density at radius 2 is 1.77 bits per heavy atom. The van der Waals surface area contributed by atoms with Crippen LogP contribution in [0.5, 0.6) is 5.75 Å². The zero-order chi connectivity index (χ0) is 18.7. The summed E-state index contributed by atoms with van der Waals surface area (Å²) in [5.74, 6) is 0.568. The zero-order valence-corrected chi connectivity index (χ0v) is 16.4. The van der Waals surface area contributed by atoms with Gasteiger partial charge in [0.05, 0.1) is 5.69 Å². The van der Waals surface area contributed by atoms with Crippen molar-refractivity contribution in [3.63, 3.8) is 0 Å². The van der Waals surface area contributed by atoms with Crippen molar-refractivity contribution in [3.8, 4) is 5.75 Å². The van der Waals surface area contributed by atoms with Gasteiger partial charge < -0.3 is 10.1 Å². The van der Waals surface area contributed by atoms with Crippen LogP contribution >= 0.6 is 22.9 Å². The van der Waals surface area contributed by atoms with Gasteiger partial charge in [0.2, 0.25) is 0 Å². The SMILES string of the molecule is Cc1cccc(C)c1NC(=O)c1sc(COc2ccc(Cl)cc2)nc1C. The van der Waals surface area contributed by atoms with Crippen LogP contribution in [0.25, 0.3) is 0 Å².